The van der Waals surface area contributed by atoms with E-state index in [4.69, 9.17) is 0 Å². The number of thioether (sulfide) groups is 1. The first-order valence-corrected chi connectivity index (χ1v) is 6.14. The Morgan fingerprint density at radius 1 is 1.27 bits per heavy atom. The van der Waals surface area contributed by atoms with E-state index in [1.165, 1.54) is 17.3 Å². The Balaban J connectivity index is 2.81. The van der Waals surface area contributed by atoms with Gasteiger partial charge >= 0.3 is 0 Å². The van der Waals surface area contributed by atoms with Crippen LogP contribution in [0.3, 0.4) is 0 Å². The fourth-order valence-electron chi connectivity index (χ4n) is 1.45. The number of benzene rings is 1. The zero-order chi connectivity index (χ0) is 11.3. The molecule has 0 saturated carbocycles. The van der Waals surface area contributed by atoms with Gasteiger partial charge in [-0.05, 0) is 31.5 Å². The van der Waals surface area contributed by atoms with Crippen molar-refractivity contribution in [2.45, 2.75) is 13.0 Å². The van der Waals surface area contributed by atoms with Crippen LogP contribution in [0, 0.1) is 0 Å². The lowest BCUT2D eigenvalue weighted by Gasteiger charge is -2.13. The highest BCUT2D eigenvalue weighted by molar-refractivity contribution is 8.13. The summed E-state index contributed by atoms with van der Waals surface area (Å²) in [6.45, 7) is 0.887. The molecule has 0 aliphatic carbocycles. The molecule has 0 radical (unpaired) electrons. The van der Waals surface area contributed by atoms with Gasteiger partial charge in [-0.25, -0.2) is 0 Å². The van der Waals surface area contributed by atoms with Gasteiger partial charge in [-0.3, -0.25) is 4.79 Å². The summed E-state index contributed by atoms with van der Waals surface area (Å²) in [5.41, 5.74) is 2.38. The van der Waals surface area contributed by atoms with Crippen LogP contribution in [0.15, 0.2) is 24.3 Å². The number of rotatable bonds is 4. The molecule has 82 valence electrons. The van der Waals surface area contributed by atoms with Crippen LogP contribution >= 0.6 is 11.8 Å². The van der Waals surface area contributed by atoms with Crippen molar-refractivity contribution in [3.05, 3.63) is 35.4 Å². The van der Waals surface area contributed by atoms with Crippen molar-refractivity contribution in [3.63, 3.8) is 0 Å². The molecular formula is C12H17NOS. The lowest BCUT2D eigenvalue weighted by Crippen LogP contribution is -2.13. The first-order chi connectivity index (χ1) is 7.13. The Morgan fingerprint density at radius 3 is 2.40 bits per heavy atom. The lowest BCUT2D eigenvalue weighted by atomic mass is 10.1. The summed E-state index contributed by atoms with van der Waals surface area (Å²) in [6.07, 6.45) is 2.36. The van der Waals surface area contributed by atoms with Crippen LogP contribution in [-0.4, -0.2) is 30.4 Å². The molecule has 1 aromatic carbocycles. The molecule has 0 amide bonds. The van der Waals surface area contributed by atoms with Gasteiger partial charge in [0.2, 0.25) is 0 Å². The second-order valence-corrected chi connectivity index (χ2v) is 4.62. The molecule has 0 saturated heterocycles. The van der Waals surface area contributed by atoms with Gasteiger partial charge in [0, 0.05) is 13.0 Å². The molecule has 2 nitrogen and oxygen atoms in total. The predicted molar refractivity (Wildman–Crippen MR) is 66.1 cm³/mol. The molecule has 0 unspecified atom stereocenters. The highest BCUT2D eigenvalue weighted by Crippen LogP contribution is 2.13. The Morgan fingerprint density at radius 2 is 1.87 bits per heavy atom. The summed E-state index contributed by atoms with van der Waals surface area (Å²) in [5.74, 6) is 0. The van der Waals surface area contributed by atoms with Gasteiger partial charge in [0.25, 0.3) is 0 Å². The smallest absolute Gasteiger partial charge is 0.193 e. The summed E-state index contributed by atoms with van der Waals surface area (Å²) < 4.78 is 0. The van der Waals surface area contributed by atoms with Crippen molar-refractivity contribution in [2.24, 2.45) is 0 Å². The largest absolute Gasteiger partial charge is 0.305 e. The topological polar surface area (TPSA) is 20.3 Å². The quantitative estimate of drug-likeness (QED) is 0.780. The molecule has 1 rings (SSSR count). The Bertz CT molecular complexity index is 336. The lowest BCUT2D eigenvalue weighted by molar-refractivity contribution is -0.110. The molecule has 0 aliphatic heterocycles. The number of hydrogen-bond donors (Lipinski definition) is 0. The molecule has 1 aromatic rings. The molecule has 3 heteroatoms. The van der Waals surface area contributed by atoms with E-state index in [-0.39, 0.29) is 5.12 Å². The van der Waals surface area contributed by atoms with E-state index in [0.717, 1.165) is 12.1 Å². The van der Waals surface area contributed by atoms with Gasteiger partial charge in [0.15, 0.2) is 5.12 Å². The van der Waals surface area contributed by atoms with E-state index in [0.29, 0.717) is 6.42 Å². The maximum atomic E-state index is 11.4. The van der Waals surface area contributed by atoms with Crippen molar-refractivity contribution < 1.29 is 4.79 Å². The summed E-state index contributed by atoms with van der Waals surface area (Å²) in [4.78, 5) is 13.5. The fourth-order valence-corrected chi connectivity index (χ4v) is 1.75. The van der Waals surface area contributed by atoms with E-state index in [2.05, 4.69) is 11.0 Å². The second-order valence-electron chi connectivity index (χ2n) is 3.76. The second kappa shape index (κ2) is 5.93. The van der Waals surface area contributed by atoms with Gasteiger partial charge in [-0.1, -0.05) is 36.0 Å². The minimum atomic E-state index is 0.223. The highest BCUT2D eigenvalue weighted by atomic mass is 32.2. The zero-order valence-electron chi connectivity index (χ0n) is 9.49. The maximum absolute atomic E-state index is 11.4. The number of hydrogen-bond acceptors (Lipinski definition) is 3. The molecular weight excluding hydrogens is 206 g/mol. The third kappa shape index (κ3) is 4.06. The Labute approximate surface area is 95.7 Å². The molecule has 0 heterocycles. The third-order valence-electron chi connectivity index (χ3n) is 2.17. The molecule has 0 bridgehead atoms. The molecule has 0 aromatic heterocycles. The molecule has 0 spiro atoms. The van der Waals surface area contributed by atoms with Crippen LogP contribution in [0.4, 0.5) is 0 Å². The first kappa shape index (κ1) is 12.3. The SMILES string of the molecule is CSC(=O)Cc1ccccc1CN(C)C. The monoisotopic (exact) mass is 223 g/mol. The van der Waals surface area contributed by atoms with Crippen molar-refractivity contribution in [2.75, 3.05) is 20.4 Å². The van der Waals surface area contributed by atoms with E-state index in [9.17, 15) is 4.79 Å². The summed E-state index contributed by atoms with van der Waals surface area (Å²) >= 11 is 1.29. The summed E-state index contributed by atoms with van der Waals surface area (Å²) in [7, 11) is 4.07. The normalized spacial score (nSPS) is 10.7. The predicted octanol–water partition coefficient (Wildman–Crippen LogP) is 2.18. The summed E-state index contributed by atoms with van der Waals surface area (Å²) in [5, 5.41) is 0.223. The number of carbonyl (C=O) groups is 1. The maximum Gasteiger partial charge on any atom is 0.193 e. The average Bonchev–Trinajstić information content (AvgIpc) is 2.20. The first-order valence-electron chi connectivity index (χ1n) is 4.92. The van der Waals surface area contributed by atoms with Gasteiger partial charge in [0.05, 0.1) is 0 Å². The molecule has 0 aliphatic rings. The molecule has 0 fully saturated rings. The number of carbonyl (C=O) groups excluding carboxylic acids is 1. The van der Waals surface area contributed by atoms with Crippen LogP contribution in [0.25, 0.3) is 0 Å². The summed E-state index contributed by atoms with van der Waals surface area (Å²) in [6, 6.07) is 8.13. The van der Waals surface area contributed by atoms with Crippen LogP contribution < -0.4 is 0 Å². The molecule has 15 heavy (non-hydrogen) atoms. The van der Waals surface area contributed by atoms with Gasteiger partial charge < -0.3 is 4.90 Å². The van der Waals surface area contributed by atoms with Gasteiger partial charge in [-0.15, -0.1) is 0 Å². The van der Waals surface area contributed by atoms with E-state index >= 15 is 0 Å². The minimum absolute atomic E-state index is 0.223. The third-order valence-corrected chi connectivity index (χ3v) is 2.77. The van der Waals surface area contributed by atoms with E-state index in [1.54, 1.807) is 0 Å². The standard InChI is InChI=1S/C12H17NOS/c1-13(2)9-11-7-5-4-6-10(11)8-12(14)15-3/h4-7H,8-9H2,1-3H3. The van der Waals surface area contributed by atoms with E-state index in [1.807, 2.05) is 38.6 Å². The van der Waals surface area contributed by atoms with Crippen molar-refractivity contribution >= 4 is 16.9 Å². The van der Waals surface area contributed by atoms with Crippen molar-refractivity contribution in [3.8, 4) is 0 Å². The van der Waals surface area contributed by atoms with Crippen LogP contribution in [0.5, 0.6) is 0 Å². The molecule has 0 N–H and O–H groups in total. The number of nitrogens with zero attached hydrogens (tertiary/aromatic N) is 1. The van der Waals surface area contributed by atoms with Gasteiger partial charge in [0.1, 0.15) is 0 Å². The zero-order valence-corrected chi connectivity index (χ0v) is 10.3. The van der Waals surface area contributed by atoms with Crippen molar-refractivity contribution in [1.82, 2.24) is 4.90 Å². The van der Waals surface area contributed by atoms with E-state index < -0.39 is 0 Å². The fraction of sp³-hybridized carbons (Fsp3) is 0.417. The van der Waals surface area contributed by atoms with Gasteiger partial charge in [-0.2, -0.15) is 0 Å². The van der Waals surface area contributed by atoms with Crippen LogP contribution in [0.1, 0.15) is 11.1 Å². The molecule has 0 atom stereocenters. The van der Waals surface area contributed by atoms with Crippen molar-refractivity contribution in [1.29, 1.82) is 0 Å². The van der Waals surface area contributed by atoms with Crippen LogP contribution in [0.2, 0.25) is 0 Å². The highest BCUT2D eigenvalue weighted by Gasteiger charge is 2.06. The Kier molecular flexibility index (Phi) is 4.85. The minimum Gasteiger partial charge on any atom is -0.305 e. The Hall–Kier alpha value is -0.800. The van der Waals surface area contributed by atoms with Crippen LogP contribution in [-0.2, 0) is 17.8 Å². The average molecular weight is 223 g/mol.